The van der Waals surface area contributed by atoms with E-state index in [1.165, 1.54) is 27.9 Å². The maximum Gasteiger partial charge on any atom is 0.175 e. The topological polar surface area (TPSA) is 30.5 Å². The van der Waals surface area contributed by atoms with Crippen molar-refractivity contribution in [1.82, 2.24) is 0 Å². The fourth-order valence-electron chi connectivity index (χ4n) is 4.94. The van der Waals surface area contributed by atoms with E-state index in [4.69, 9.17) is 9.47 Å². The van der Waals surface area contributed by atoms with Crippen LogP contribution >= 0.6 is 15.9 Å². The SMILES string of the molecule is COc1cc([C@@H]2Nc3ccc(C)cc3[C@@H]3C=CC[C@@H]32)cc(Br)c1OCc1ccc(C)cc1. The number of methoxy groups -OCH3 is 1. The standard InChI is InChI=1S/C28H28BrNO2/c1-17-7-10-19(11-8-17)16-32-28-24(29)14-20(15-26(28)31-3)27-22-6-4-5-21(22)23-13-18(2)9-12-25(23)30-27/h4-5,7-15,21-22,27,30H,6,16H2,1-3H3/t21-,22+,27+/m1/s1. The van der Waals surface area contributed by atoms with Gasteiger partial charge in [-0.1, -0.05) is 59.7 Å². The van der Waals surface area contributed by atoms with Crippen molar-refractivity contribution in [3.8, 4) is 11.5 Å². The first-order chi connectivity index (χ1) is 15.5. The minimum Gasteiger partial charge on any atom is -0.493 e. The number of allylic oxidation sites excluding steroid dienone is 2. The Bertz CT molecular complexity index is 1170. The van der Waals surface area contributed by atoms with E-state index in [1.54, 1.807) is 7.11 Å². The monoisotopic (exact) mass is 489 g/mol. The number of nitrogens with one attached hydrogen (secondary N) is 1. The van der Waals surface area contributed by atoms with Gasteiger partial charge in [-0.25, -0.2) is 0 Å². The van der Waals surface area contributed by atoms with Crippen LogP contribution in [0.15, 0.2) is 71.2 Å². The maximum atomic E-state index is 6.18. The van der Waals surface area contributed by atoms with Crippen LogP contribution in [0, 0.1) is 19.8 Å². The van der Waals surface area contributed by atoms with E-state index in [1.807, 2.05) is 0 Å². The zero-order chi connectivity index (χ0) is 22.2. The molecule has 1 aliphatic carbocycles. The molecule has 5 rings (SSSR count). The summed E-state index contributed by atoms with van der Waals surface area (Å²) in [7, 11) is 1.70. The van der Waals surface area contributed by atoms with E-state index in [2.05, 4.69) is 102 Å². The number of hydrogen-bond acceptors (Lipinski definition) is 3. The smallest absolute Gasteiger partial charge is 0.175 e. The second-order valence-electron chi connectivity index (χ2n) is 8.87. The van der Waals surface area contributed by atoms with Gasteiger partial charge in [0.2, 0.25) is 0 Å². The minimum absolute atomic E-state index is 0.210. The Morgan fingerprint density at radius 3 is 2.56 bits per heavy atom. The molecule has 4 heteroatoms. The fourth-order valence-corrected chi connectivity index (χ4v) is 5.52. The van der Waals surface area contributed by atoms with Crippen molar-refractivity contribution in [2.45, 2.75) is 38.8 Å². The van der Waals surface area contributed by atoms with Crippen molar-refractivity contribution < 1.29 is 9.47 Å². The first-order valence-corrected chi connectivity index (χ1v) is 11.9. The molecule has 164 valence electrons. The molecule has 1 heterocycles. The zero-order valence-electron chi connectivity index (χ0n) is 18.7. The van der Waals surface area contributed by atoms with Crippen LogP contribution in [-0.2, 0) is 6.61 Å². The highest BCUT2D eigenvalue weighted by Crippen LogP contribution is 2.51. The molecule has 0 saturated carbocycles. The number of benzene rings is 3. The van der Waals surface area contributed by atoms with Crippen LogP contribution in [-0.4, -0.2) is 7.11 Å². The van der Waals surface area contributed by atoms with Crippen molar-refractivity contribution in [2.75, 3.05) is 12.4 Å². The fraction of sp³-hybridized carbons (Fsp3) is 0.286. The predicted molar refractivity (Wildman–Crippen MR) is 134 cm³/mol. The Balaban J connectivity index is 1.44. The normalized spacial score (nSPS) is 20.9. The Hall–Kier alpha value is -2.72. The lowest BCUT2D eigenvalue weighted by Crippen LogP contribution is -2.29. The average molecular weight is 490 g/mol. The van der Waals surface area contributed by atoms with Gasteiger partial charge >= 0.3 is 0 Å². The lowest BCUT2D eigenvalue weighted by Gasteiger charge is -2.38. The van der Waals surface area contributed by atoms with Gasteiger partial charge < -0.3 is 14.8 Å². The van der Waals surface area contributed by atoms with E-state index in [0.29, 0.717) is 18.4 Å². The molecule has 0 aromatic heterocycles. The molecule has 3 nitrogen and oxygen atoms in total. The average Bonchev–Trinajstić information content (AvgIpc) is 3.29. The van der Waals surface area contributed by atoms with E-state index >= 15 is 0 Å². The quantitative estimate of drug-likeness (QED) is 0.376. The van der Waals surface area contributed by atoms with E-state index in [-0.39, 0.29) is 6.04 Å². The van der Waals surface area contributed by atoms with Gasteiger partial charge in [0.1, 0.15) is 6.61 Å². The van der Waals surface area contributed by atoms with E-state index in [0.717, 1.165) is 28.0 Å². The summed E-state index contributed by atoms with van der Waals surface area (Å²) in [5.41, 5.74) is 7.53. The molecule has 0 unspecified atom stereocenters. The summed E-state index contributed by atoms with van der Waals surface area (Å²) in [4.78, 5) is 0. The summed E-state index contributed by atoms with van der Waals surface area (Å²) >= 11 is 3.76. The Labute approximate surface area is 198 Å². The second kappa shape index (κ2) is 8.67. The molecule has 0 saturated heterocycles. The highest BCUT2D eigenvalue weighted by Gasteiger charge is 2.38. The lowest BCUT2D eigenvalue weighted by molar-refractivity contribution is 0.282. The van der Waals surface area contributed by atoms with Crippen LogP contribution in [0.2, 0.25) is 0 Å². The number of anilines is 1. The molecule has 0 spiro atoms. The third-order valence-corrected chi connectivity index (χ3v) is 7.22. The van der Waals surface area contributed by atoms with Gasteiger partial charge in [0.25, 0.3) is 0 Å². The van der Waals surface area contributed by atoms with Gasteiger partial charge in [-0.2, -0.15) is 0 Å². The molecule has 3 aromatic rings. The number of ether oxygens (including phenoxy) is 2. The first kappa shape index (κ1) is 21.1. The van der Waals surface area contributed by atoms with Gasteiger partial charge in [0.15, 0.2) is 11.5 Å². The van der Waals surface area contributed by atoms with Gasteiger partial charge in [-0.05, 0) is 77.0 Å². The molecule has 32 heavy (non-hydrogen) atoms. The number of rotatable bonds is 5. The van der Waals surface area contributed by atoms with Crippen LogP contribution in [0.1, 0.15) is 46.2 Å². The second-order valence-corrected chi connectivity index (χ2v) is 9.73. The molecule has 3 aromatic carbocycles. The minimum atomic E-state index is 0.210. The molecule has 1 aliphatic heterocycles. The summed E-state index contributed by atoms with van der Waals surface area (Å²) in [6.45, 7) is 4.75. The van der Waals surface area contributed by atoms with Crippen LogP contribution in [0.3, 0.4) is 0 Å². The Kier molecular flexibility index (Phi) is 5.73. The molecule has 0 fully saturated rings. The molecular formula is C28H28BrNO2. The van der Waals surface area contributed by atoms with Crippen molar-refractivity contribution in [2.24, 2.45) is 5.92 Å². The number of hydrogen-bond donors (Lipinski definition) is 1. The van der Waals surface area contributed by atoms with Gasteiger partial charge in [-0.15, -0.1) is 0 Å². The third kappa shape index (κ3) is 3.93. The van der Waals surface area contributed by atoms with Crippen LogP contribution < -0.4 is 14.8 Å². The van der Waals surface area contributed by atoms with E-state index in [9.17, 15) is 0 Å². The lowest BCUT2D eigenvalue weighted by atomic mass is 9.76. The zero-order valence-corrected chi connectivity index (χ0v) is 20.3. The predicted octanol–water partition coefficient (Wildman–Crippen LogP) is 7.48. The van der Waals surface area contributed by atoms with Crippen LogP contribution in [0.25, 0.3) is 0 Å². The summed E-state index contributed by atoms with van der Waals surface area (Å²) in [5, 5.41) is 3.82. The molecule has 1 N–H and O–H groups in total. The first-order valence-electron chi connectivity index (χ1n) is 11.1. The summed E-state index contributed by atoms with van der Waals surface area (Å²) in [5.74, 6) is 2.42. The number of halogens is 1. The number of aryl methyl sites for hydroxylation is 2. The largest absolute Gasteiger partial charge is 0.493 e. The van der Waals surface area contributed by atoms with Crippen molar-refractivity contribution in [3.63, 3.8) is 0 Å². The third-order valence-electron chi connectivity index (χ3n) is 6.63. The van der Waals surface area contributed by atoms with Gasteiger partial charge in [0.05, 0.1) is 17.6 Å². The molecule has 0 radical (unpaired) electrons. The number of fused-ring (bicyclic) bond motifs is 3. The molecule has 0 amide bonds. The Morgan fingerprint density at radius 2 is 1.78 bits per heavy atom. The van der Waals surface area contributed by atoms with Crippen LogP contribution in [0.5, 0.6) is 11.5 Å². The van der Waals surface area contributed by atoms with Crippen LogP contribution in [0.4, 0.5) is 5.69 Å². The molecule has 0 bridgehead atoms. The molecule has 2 aliphatic rings. The van der Waals surface area contributed by atoms with Gasteiger partial charge in [-0.3, -0.25) is 0 Å². The highest BCUT2D eigenvalue weighted by molar-refractivity contribution is 9.10. The highest BCUT2D eigenvalue weighted by atomic mass is 79.9. The molecular weight excluding hydrogens is 462 g/mol. The maximum absolute atomic E-state index is 6.18. The molecule has 3 atom stereocenters. The van der Waals surface area contributed by atoms with E-state index < -0.39 is 0 Å². The van der Waals surface area contributed by atoms with Crippen molar-refractivity contribution in [1.29, 1.82) is 0 Å². The summed E-state index contributed by atoms with van der Waals surface area (Å²) in [6, 6.07) is 19.6. The summed E-state index contributed by atoms with van der Waals surface area (Å²) < 4.78 is 12.9. The summed E-state index contributed by atoms with van der Waals surface area (Å²) in [6.07, 6.45) is 5.77. The Morgan fingerprint density at radius 1 is 1.00 bits per heavy atom. The van der Waals surface area contributed by atoms with Gasteiger partial charge in [0, 0.05) is 11.6 Å². The van der Waals surface area contributed by atoms with Crippen molar-refractivity contribution in [3.05, 3.63) is 99.0 Å². The van der Waals surface area contributed by atoms with Crippen molar-refractivity contribution >= 4 is 21.6 Å².